The highest BCUT2D eigenvalue weighted by Gasteiger charge is 2.09. The molecule has 0 radical (unpaired) electrons. The molecule has 2 heterocycles. The summed E-state index contributed by atoms with van der Waals surface area (Å²) in [5.74, 6) is 0.812. The largest absolute Gasteiger partial charge is 0.361 e. The Bertz CT molecular complexity index is 656. The molecule has 1 N–H and O–H groups in total. The van der Waals surface area contributed by atoms with E-state index in [-0.39, 0.29) is 5.56 Å². The van der Waals surface area contributed by atoms with Gasteiger partial charge in [0.1, 0.15) is 0 Å². The lowest BCUT2D eigenvalue weighted by molar-refractivity contribution is 0.509. The van der Waals surface area contributed by atoms with E-state index in [1.165, 1.54) is 0 Å². The summed E-state index contributed by atoms with van der Waals surface area (Å²) in [6, 6.07) is 0. The number of nitrogens with one attached hydrogen (secondary N) is 1. The van der Waals surface area contributed by atoms with Gasteiger partial charge in [-0.25, -0.2) is 4.98 Å². The van der Waals surface area contributed by atoms with Gasteiger partial charge >= 0.3 is 0 Å². The van der Waals surface area contributed by atoms with Gasteiger partial charge in [-0.15, -0.1) is 0 Å². The van der Waals surface area contributed by atoms with Crippen molar-refractivity contribution < 1.29 is 0 Å². The highest BCUT2D eigenvalue weighted by Crippen LogP contribution is 2.09. The van der Waals surface area contributed by atoms with Gasteiger partial charge in [0.25, 0.3) is 5.56 Å². The Morgan fingerprint density at radius 2 is 2.14 bits per heavy atom. The van der Waals surface area contributed by atoms with E-state index in [9.17, 15) is 4.79 Å². The molecule has 0 bridgehead atoms. The Hall–Kier alpha value is -2.11. The average Bonchev–Trinajstić information content (AvgIpc) is 2.79. The van der Waals surface area contributed by atoms with Crippen LogP contribution < -0.4 is 10.9 Å². The van der Waals surface area contributed by atoms with Gasteiger partial charge in [-0.2, -0.15) is 5.10 Å². The Balaban J connectivity index is 2.15. The second kappa shape index (κ2) is 6.56. The van der Waals surface area contributed by atoms with Gasteiger partial charge in [-0.1, -0.05) is 20.8 Å². The number of hydrogen-bond donors (Lipinski definition) is 1. The van der Waals surface area contributed by atoms with Crippen molar-refractivity contribution in [3.63, 3.8) is 0 Å². The zero-order chi connectivity index (χ0) is 15.4. The Kier molecular flexibility index (Phi) is 4.77. The molecule has 2 aromatic rings. The molecule has 114 valence electrons. The molecule has 6 nitrogen and oxygen atoms in total. The minimum absolute atomic E-state index is 0.0758. The first-order valence-corrected chi connectivity index (χ1v) is 7.32. The number of aromatic nitrogens is 4. The number of anilines is 1. The highest BCUT2D eigenvalue weighted by atomic mass is 16.1. The summed E-state index contributed by atoms with van der Waals surface area (Å²) in [6.07, 6.45) is 6.24. The molecule has 0 aliphatic rings. The van der Waals surface area contributed by atoms with E-state index in [0.29, 0.717) is 24.8 Å². The summed E-state index contributed by atoms with van der Waals surface area (Å²) in [5.41, 5.74) is 2.07. The van der Waals surface area contributed by atoms with E-state index in [0.717, 1.165) is 17.7 Å². The minimum atomic E-state index is -0.0758. The highest BCUT2D eigenvalue weighted by molar-refractivity contribution is 5.33. The molecule has 0 atom stereocenters. The third-order valence-electron chi connectivity index (χ3n) is 3.25. The van der Waals surface area contributed by atoms with E-state index in [1.807, 2.05) is 13.2 Å². The van der Waals surface area contributed by atoms with E-state index >= 15 is 0 Å². The van der Waals surface area contributed by atoms with Crippen LogP contribution in [0.4, 0.5) is 5.82 Å². The van der Waals surface area contributed by atoms with Gasteiger partial charge in [0.05, 0.1) is 5.69 Å². The number of rotatable bonds is 6. The molecule has 21 heavy (non-hydrogen) atoms. The van der Waals surface area contributed by atoms with Crippen LogP contribution in [-0.2, 0) is 26.6 Å². The second-order valence-electron chi connectivity index (χ2n) is 5.61. The Morgan fingerprint density at radius 1 is 1.38 bits per heavy atom. The average molecular weight is 289 g/mol. The van der Waals surface area contributed by atoms with E-state index < -0.39 is 0 Å². The fraction of sp³-hybridized carbons (Fsp3) is 0.533. The van der Waals surface area contributed by atoms with Crippen molar-refractivity contribution in [2.45, 2.75) is 40.3 Å². The summed E-state index contributed by atoms with van der Waals surface area (Å²) in [7, 11) is 1.90. The van der Waals surface area contributed by atoms with Crippen LogP contribution in [-0.4, -0.2) is 19.3 Å². The molecule has 0 saturated carbocycles. The topological polar surface area (TPSA) is 64.7 Å². The van der Waals surface area contributed by atoms with Crippen LogP contribution >= 0.6 is 0 Å². The zero-order valence-electron chi connectivity index (χ0n) is 13.1. The van der Waals surface area contributed by atoms with Crippen LogP contribution in [0.3, 0.4) is 0 Å². The summed E-state index contributed by atoms with van der Waals surface area (Å²) in [5, 5.41) is 7.53. The molecule has 0 fully saturated rings. The SMILES string of the molecule is CCc1nn(C)cc1CNc1nccn(CC(C)C)c1=O. The van der Waals surface area contributed by atoms with Crippen LogP contribution in [0.15, 0.2) is 23.4 Å². The molecule has 2 rings (SSSR count). The normalized spacial score (nSPS) is 11.1. The van der Waals surface area contributed by atoms with Crippen molar-refractivity contribution >= 4 is 5.82 Å². The van der Waals surface area contributed by atoms with Gasteiger partial charge in [0, 0.05) is 44.3 Å². The quantitative estimate of drug-likeness (QED) is 0.881. The molecule has 0 spiro atoms. The fourth-order valence-electron chi connectivity index (χ4n) is 2.31. The summed E-state index contributed by atoms with van der Waals surface area (Å²) >= 11 is 0. The van der Waals surface area contributed by atoms with Crippen molar-refractivity contribution in [2.24, 2.45) is 13.0 Å². The van der Waals surface area contributed by atoms with E-state index in [2.05, 4.69) is 36.2 Å². The summed E-state index contributed by atoms with van der Waals surface area (Å²) in [4.78, 5) is 16.5. The molecule has 0 aliphatic carbocycles. The molecule has 0 aromatic carbocycles. The molecular weight excluding hydrogens is 266 g/mol. The van der Waals surface area contributed by atoms with Crippen LogP contribution in [0, 0.1) is 5.92 Å². The standard InChI is InChI=1S/C15H23N5O/c1-5-13-12(10-19(4)18-13)8-17-14-15(21)20(7-6-16-14)9-11(2)3/h6-7,10-11H,5,8-9H2,1-4H3,(H,16,17). The Labute approximate surface area is 124 Å². The molecule has 0 aliphatic heterocycles. The number of hydrogen-bond acceptors (Lipinski definition) is 4. The van der Waals surface area contributed by atoms with Gasteiger partial charge in [-0.05, 0) is 12.3 Å². The lowest BCUT2D eigenvalue weighted by atomic mass is 10.2. The van der Waals surface area contributed by atoms with E-state index in [4.69, 9.17) is 0 Å². The van der Waals surface area contributed by atoms with Crippen LogP contribution in [0.5, 0.6) is 0 Å². The van der Waals surface area contributed by atoms with Gasteiger partial charge in [0.15, 0.2) is 5.82 Å². The third kappa shape index (κ3) is 3.71. The first-order valence-electron chi connectivity index (χ1n) is 7.32. The summed E-state index contributed by atoms with van der Waals surface area (Å²) in [6.45, 7) is 7.50. The van der Waals surface area contributed by atoms with Crippen molar-refractivity contribution in [2.75, 3.05) is 5.32 Å². The number of nitrogens with zero attached hydrogens (tertiary/aromatic N) is 4. The molecular formula is C15H23N5O. The predicted molar refractivity (Wildman–Crippen MR) is 83.2 cm³/mol. The van der Waals surface area contributed by atoms with Crippen molar-refractivity contribution in [3.05, 3.63) is 40.2 Å². The lowest BCUT2D eigenvalue weighted by Crippen LogP contribution is -2.25. The maximum absolute atomic E-state index is 12.3. The lowest BCUT2D eigenvalue weighted by Gasteiger charge is -2.10. The van der Waals surface area contributed by atoms with Gasteiger partial charge < -0.3 is 9.88 Å². The zero-order valence-corrected chi connectivity index (χ0v) is 13.1. The minimum Gasteiger partial charge on any atom is -0.361 e. The van der Waals surface area contributed by atoms with E-state index in [1.54, 1.807) is 21.6 Å². The van der Waals surface area contributed by atoms with Crippen LogP contribution in [0.1, 0.15) is 32.0 Å². The second-order valence-corrected chi connectivity index (χ2v) is 5.61. The summed E-state index contributed by atoms with van der Waals surface area (Å²) < 4.78 is 3.50. The molecule has 0 unspecified atom stereocenters. The maximum atomic E-state index is 12.3. The predicted octanol–water partition coefficient (Wildman–Crippen LogP) is 1.81. The molecule has 0 saturated heterocycles. The number of aryl methyl sites for hydroxylation is 2. The van der Waals surface area contributed by atoms with Gasteiger partial charge in [0.2, 0.25) is 0 Å². The monoisotopic (exact) mass is 289 g/mol. The Morgan fingerprint density at radius 3 is 2.81 bits per heavy atom. The van der Waals surface area contributed by atoms with Crippen molar-refractivity contribution in [1.29, 1.82) is 0 Å². The van der Waals surface area contributed by atoms with Gasteiger partial charge in [-0.3, -0.25) is 9.48 Å². The third-order valence-corrected chi connectivity index (χ3v) is 3.25. The first-order chi connectivity index (χ1) is 10.0. The molecule has 2 aromatic heterocycles. The van der Waals surface area contributed by atoms with Crippen LogP contribution in [0.2, 0.25) is 0 Å². The maximum Gasteiger partial charge on any atom is 0.293 e. The van der Waals surface area contributed by atoms with Crippen molar-refractivity contribution in [3.8, 4) is 0 Å². The van der Waals surface area contributed by atoms with Crippen molar-refractivity contribution in [1.82, 2.24) is 19.3 Å². The smallest absolute Gasteiger partial charge is 0.293 e. The first kappa shape index (κ1) is 15.3. The fourth-order valence-corrected chi connectivity index (χ4v) is 2.31. The molecule has 6 heteroatoms. The van der Waals surface area contributed by atoms with Crippen LogP contribution in [0.25, 0.3) is 0 Å². The molecule has 0 amide bonds.